The van der Waals surface area contributed by atoms with Gasteiger partial charge >= 0.3 is 12.2 Å². The van der Waals surface area contributed by atoms with Crippen LogP contribution in [0.3, 0.4) is 0 Å². The molecule has 4 rings (SSSR count). The van der Waals surface area contributed by atoms with Crippen molar-refractivity contribution in [2.75, 3.05) is 11.9 Å². The van der Waals surface area contributed by atoms with Gasteiger partial charge in [-0.3, -0.25) is 9.08 Å². The summed E-state index contributed by atoms with van der Waals surface area (Å²) < 4.78 is 40.3. The molecule has 2 amide bonds. The first kappa shape index (κ1) is 21.4. The maximum atomic E-state index is 12.3. The Morgan fingerprint density at radius 1 is 1.19 bits per heavy atom. The van der Waals surface area contributed by atoms with Crippen molar-refractivity contribution in [3.05, 3.63) is 60.7 Å². The molecule has 3 N–H and O–H groups in total. The number of nitrogens with one attached hydrogen (secondary N) is 2. The Labute approximate surface area is 180 Å². The minimum absolute atomic E-state index is 0.183. The smallest absolute Gasteiger partial charge is 0.390 e. The minimum Gasteiger partial charge on any atom is -0.390 e. The highest BCUT2D eigenvalue weighted by Crippen LogP contribution is 2.28. The maximum Gasteiger partial charge on any atom is 0.405 e. The molecule has 3 aromatic heterocycles. The van der Waals surface area contributed by atoms with E-state index in [2.05, 4.69) is 15.4 Å². The van der Waals surface area contributed by atoms with Crippen LogP contribution in [0.25, 0.3) is 28.0 Å². The van der Waals surface area contributed by atoms with E-state index in [0.717, 1.165) is 22.4 Å². The molecule has 11 heteroatoms. The van der Waals surface area contributed by atoms with Crippen LogP contribution >= 0.6 is 0 Å². The zero-order valence-corrected chi connectivity index (χ0v) is 16.9. The van der Waals surface area contributed by atoms with Crippen LogP contribution in [0, 0.1) is 0 Å². The molecule has 0 saturated carbocycles. The largest absolute Gasteiger partial charge is 0.405 e. The Kier molecular flexibility index (Phi) is 5.57. The summed E-state index contributed by atoms with van der Waals surface area (Å²) in [6.07, 6.45) is 0.831. The van der Waals surface area contributed by atoms with Crippen LogP contribution in [0.5, 0.6) is 0 Å². The Balaban J connectivity index is 1.59. The summed E-state index contributed by atoms with van der Waals surface area (Å²) >= 11 is 0. The van der Waals surface area contributed by atoms with Gasteiger partial charge in [-0.05, 0) is 29.8 Å². The number of carbonyl (C=O) groups excluding carboxylic acids is 1. The summed E-state index contributed by atoms with van der Waals surface area (Å²) in [5.41, 5.74) is 4.67. The number of aryl methyl sites for hydroxylation is 1. The molecule has 0 saturated heterocycles. The van der Waals surface area contributed by atoms with E-state index in [0.29, 0.717) is 17.0 Å². The van der Waals surface area contributed by atoms with E-state index < -0.39 is 18.8 Å². The Morgan fingerprint density at radius 2 is 2.00 bits per heavy atom. The van der Waals surface area contributed by atoms with E-state index in [-0.39, 0.29) is 6.61 Å². The second kappa shape index (κ2) is 8.35. The topological polar surface area (TPSA) is 96.5 Å². The van der Waals surface area contributed by atoms with Crippen LogP contribution in [0.15, 0.2) is 55.0 Å². The monoisotopic (exact) mass is 444 g/mol. The second-order valence-electron chi connectivity index (χ2n) is 7.11. The molecule has 0 spiro atoms. The van der Waals surface area contributed by atoms with Crippen molar-refractivity contribution >= 4 is 17.4 Å². The normalized spacial score (nSPS) is 11.7. The van der Waals surface area contributed by atoms with Crippen LogP contribution in [0.1, 0.15) is 5.69 Å². The highest BCUT2D eigenvalue weighted by atomic mass is 19.4. The van der Waals surface area contributed by atoms with Gasteiger partial charge in [0.1, 0.15) is 12.2 Å². The number of halogens is 3. The molecule has 0 fully saturated rings. The third kappa shape index (κ3) is 4.57. The fourth-order valence-corrected chi connectivity index (χ4v) is 3.37. The molecular formula is C21H19F3N6O2. The number of aliphatic hydroxyl groups is 1. The van der Waals surface area contributed by atoms with Crippen LogP contribution in [-0.4, -0.2) is 43.0 Å². The SMILES string of the molecule is Cn1cc(-c2ccn3c(-c4cccc(NC(=O)NCC(F)(F)F)c4)cnc3c2)c(CO)n1. The van der Waals surface area contributed by atoms with Gasteiger partial charge < -0.3 is 15.7 Å². The summed E-state index contributed by atoms with van der Waals surface area (Å²) in [4.78, 5) is 16.2. The van der Waals surface area contributed by atoms with Crippen molar-refractivity contribution in [1.29, 1.82) is 0 Å². The molecule has 0 aliphatic heterocycles. The lowest BCUT2D eigenvalue weighted by Crippen LogP contribution is -2.36. The zero-order chi connectivity index (χ0) is 22.9. The third-order valence-electron chi connectivity index (χ3n) is 4.74. The van der Waals surface area contributed by atoms with Crippen molar-refractivity contribution in [3.63, 3.8) is 0 Å². The molecule has 3 heterocycles. The zero-order valence-electron chi connectivity index (χ0n) is 16.9. The predicted octanol–water partition coefficient (Wildman–Crippen LogP) is 3.58. The molecular weight excluding hydrogens is 425 g/mol. The molecule has 0 aliphatic rings. The number of hydrogen-bond acceptors (Lipinski definition) is 4. The number of rotatable bonds is 5. The number of benzene rings is 1. The van der Waals surface area contributed by atoms with Gasteiger partial charge in [-0.25, -0.2) is 9.78 Å². The van der Waals surface area contributed by atoms with Gasteiger partial charge in [-0.15, -0.1) is 0 Å². The first-order chi connectivity index (χ1) is 15.2. The molecule has 1 aromatic carbocycles. The number of nitrogens with zero attached hydrogens (tertiary/aromatic N) is 4. The van der Waals surface area contributed by atoms with Crippen molar-refractivity contribution in [2.45, 2.75) is 12.8 Å². The summed E-state index contributed by atoms with van der Waals surface area (Å²) in [6.45, 7) is -1.60. The minimum atomic E-state index is -4.48. The van der Waals surface area contributed by atoms with Gasteiger partial charge in [0.2, 0.25) is 0 Å². The average Bonchev–Trinajstić information content (AvgIpc) is 3.34. The molecule has 8 nitrogen and oxygen atoms in total. The summed E-state index contributed by atoms with van der Waals surface area (Å²) in [5.74, 6) is 0. The van der Waals surface area contributed by atoms with Crippen LogP contribution in [0.2, 0.25) is 0 Å². The lowest BCUT2D eigenvalue weighted by molar-refractivity contribution is -0.122. The number of aliphatic hydroxyl groups excluding tert-OH is 1. The molecule has 32 heavy (non-hydrogen) atoms. The summed E-state index contributed by atoms with van der Waals surface area (Å²) in [6, 6.07) is 9.52. The molecule has 0 radical (unpaired) electrons. The molecule has 166 valence electrons. The van der Waals surface area contributed by atoms with Gasteiger partial charge in [0.25, 0.3) is 0 Å². The van der Waals surface area contributed by atoms with E-state index in [1.807, 2.05) is 28.9 Å². The highest BCUT2D eigenvalue weighted by Gasteiger charge is 2.27. The number of alkyl halides is 3. The summed E-state index contributed by atoms with van der Waals surface area (Å²) in [5, 5.41) is 17.9. The number of imidazole rings is 1. The number of fused-ring (bicyclic) bond motifs is 1. The number of aromatic nitrogens is 4. The van der Waals surface area contributed by atoms with Crippen LogP contribution in [-0.2, 0) is 13.7 Å². The Bertz CT molecular complexity index is 1280. The van der Waals surface area contributed by atoms with Crippen LogP contribution < -0.4 is 10.6 Å². The van der Waals surface area contributed by atoms with Crippen LogP contribution in [0.4, 0.5) is 23.7 Å². The summed E-state index contributed by atoms with van der Waals surface area (Å²) in [7, 11) is 1.78. The van der Waals surface area contributed by atoms with E-state index in [1.165, 1.54) is 0 Å². The third-order valence-corrected chi connectivity index (χ3v) is 4.74. The molecule has 4 aromatic rings. The number of hydrogen-bond donors (Lipinski definition) is 3. The molecule has 0 unspecified atom stereocenters. The quantitative estimate of drug-likeness (QED) is 0.439. The van der Waals surface area contributed by atoms with Gasteiger partial charge in [-0.2, -0.15) is 18.3 Å². The molecule has 0 aliphatic carbocycles. The predicted molar refractivity (Wildman–Crippen MR) is 112 cm³/mol. The van der Waals surface area contributed by atoms with E-state index in [1.54, 1.807) is 47.5 Å². The fourth-order valence-electron chi connectivity index (χ4n) is 3.37. The maximum absolute atomic E-state index is 12.3. The number of pyridine rings is 1. The Hall–Kier alpha value is -3.86. The standard InChI is InChI=1S/C21H19F3N6O2/c1-29-10-16(17(11-31)28-29)13-5-6-30-18(9-25-19(30)8-13)14-3-2-4-15(7-14)27-20(32)26-12-21(22,23)24/h2-10,31H,11-12H2,1H3,(H2,26,27,32). The Morgan fingerprint density at radius 3 is 2.75 bits per heavy atom. The number of amides is 2. The number of urea groups is 1. The number of anilines is 1. The average molecular weight is 444 g/mol. The number of carbonyl (C=O) groups is 1. The lowest BCUT2D eigenvalue weighted by Gasteiger charge is -2.11. The van der Waals surface area contributed by atoms with Crippen molar-refractivity contribution in [3.8, 4) is 22.4 Å². The van der Waals surface area contributed by atoms with E-state index in [9.17, 15) is 23.1 Å². The van der Waals surface area contributed by atoms with Gasteiger partial charge in [0, 0.05) is 36.3 Å². The highest BCUT2D eigenvalue weighted by molar-refractivity contribution is 5.90. The van der Waals surface area contributed by atoms with Crippen molar-refractivity contribution in [2.24, 2.45) is 7.05 Å². The van der Waals surface area contributed by atoms with Gasteiger partial charge in [-0.1, -0.05) is 12.1 Å². The van der Waals surface area contributed by atoms with Gasteiger partial charge in [0.15, 0.2) is 0 Å². The second-order valence-corrected chi connectivity index (χ2v) is 7.11. The van der Waals surface area contributed by atoms with E-state index >= 15 is 0 Å². The van der Waals surface area contributed by atoms with E-state index in [4.69, 9.17) is 0 Å². The van der Waals surface area contributed by atoms with Crippen molar-refractivity contribution in [1.82, 2.24) is 24.5 Å². The van der Waals surface area contributed by atoms with Crippen molar-refractivity contribution < 1.29 is 23.1 Å². The molecule has 0 atom stereocenters. The molecule has 0 bridgehead atoms. The fraction of sp³-hybridized carbons (Fsp3) is 0.190. The first-order valence-electron chi connectivity index (χ1n) is 9.56. The lowest BCUT2D eigenvalue weighted by atomic mass is 10.1. The van der Waals surface area contributed by atoms with Gasteiger partial charge in [0.05, 0.1) is 24.2 Å². The first-order valence-corrected chi connectivity index (χ1v) is 9.56.